The van der Waals surface area contributed by atoms with Gasteiger partial charge in [0.15, 0.2) is 6.29 Å². The van der Waals surface area contributed by atoms with Crippen LogP contribution >= 0.6 is 0 Å². The van der Waals surface area contributed by atoms with Crippen molar-refractivity contribution in [2.75, 3.05) is 26.4 Å². The molecule has 65 heavy (non-hydrogen) atoms. The van der Waals surface area contributed by atoms with Crippen LogP contribution in [0.25, 0.3) is 0 Å². The third-order valence-electron chi connectivity index (χ3n) is 13.4. The molecule has 0 aliphatic carbocycles. The quantitative estimate of drug-likeness (QED) is 0.0267. The summed E-state index contributed by atoms with van der Waals surface area (Å²) < 4.78 is 23.0. The monoisotopic (exact) mass is 925 g/mol. The number of ether oxygens (including phenoxy) is 4. The number of esters is 1. The van der Waals surface area contributed by atoms with Gasteiger partial charge in [-0.25, -0.2) is 0 Å². The fourth-order valence-electron chi connectivity index (χ4n) is 9.02. The maximum Gasteiger partial charge on any atom is 0.306 e. The van der Waals surface area contributed by atoms with Crippen molar-refractivity contribution < 1.29 is 44.2 Å². The van der Waals surface area contributed by atoms with Crippen LogP contribution in [0.5, 0.6) is 0 Å². The van der Waals surface area contributed by atoms with Gasteiger partial charge in [0.1, 0.15) is 30.5 Å². The van der Waals surface area contributed by atoms with Crippen molar-refractivity contribution in [3.63, 3.8) is 0 Å². The van der Waals surface area contributed by atoms with E-state index in [-0.39, 0.29) is 19.2 Å². The number of carbonyl (C=O) groups excluding carboxylic acids is 1. The molecule has 0 aromatic rings. The number of allylic oxidation sites excluding steroid dienone is 2. The molecule has 1 saturated heterocycles. The predicted molar refractivity (Wildman–Crippen MR) is 270 cm³/mol. The van der Waals surface area contributed by atoms with E-state index >= 15 is 0 Å². The molecule has 6 unspecified atom stereocenters. The summed E-state index contributed by atoms with van der Waals surface area (Å²) in [6, 6.07) is 0. The van der Waals surface area contributed by atoms with E-state index in [9.17, 15) is 25.2 Å². The van der Waals surface area contributed by atoms with E-state index in [2.05, 4.69) is 26.0 Å². The summed E-state index contributed by atoms with van der Waals surface area (Å²) in [6.45, 7) is 4.63. The van der Waals surface area contributed by atoms with Gasteiger partial charge in [-0.2, -0.15) is 0 Å². The smallest absolute Gasteiger partial charge is 0.306 e. The van der Waals surface area contributed by atoms with Crippen molar-refractivity contribution in [1.29, 1.82) is 0 Å². The molecule has 386 valence electrons. The van der Waals surface area contributed by atoms with Crippen LogP contribution in [0.3, 0.4) is 0 Å². The van der Waals surface area contributed by atoms with E-state index in [1.165, 1.54) is 225 Å². The van der Waals surface area contributed by atoms with Gasteiger partial charge in [-0.15, -0.1) is 0 Å². The van der Waals surface area contributed by atoms with Crippen LogP contribution in [0.15, 0.2) is 12.2 Å². The summed E-state index contributed by atoms with van der Waals surface area (Å²) in [7, 11) is 0. The van der Waals surface area contributed by atoms with Crippen LogP contribution in [0.2, 0.25) is 0 Å². The minimum absolute atomic E-state index is 0.107. The van der Waals surface area contributed by atoms with Gasteiger partial charge in [0.25, 0.3) is 0 Å². The summed E-state index contributed by atoms with van der Waals surface area (Å²) >= 11 is 0. The molecule has 0 aromatic heterocycles. The molecule has 1 fully saturated rings. The Morgan fingerprint density at radius 3 is 1.25 bits per heavy atom. The largest absolute Gasteiger partial charge is 0.457 e. The van der Waals surface area contributed by atoms with E-state index in [1.807, 2.05) is 0 Å². The molecule has 0 radical (unpaired) electrons. The van der Waals surface area contributed by atoms with Gasteiger partial charge >= 0.3 is 5.97 Å². The van der Waals surface area contributed by atoms with Crippen molar-refractivity contribution in [3.05, 3.63) is 12.2 Å². The minimum atomic E-state index is -1.53. The van der Waals surface area contributed by atoms with Crippen molar-refractivity contribution in [2.45, 2.75) is 314 Å². The molecule has 9 heteroatoms. The Morgan fingerprint density at radius 2 is 0.846 bits per heavy atom. The second-order valence-electron chi connectivity index (χ2n) is 19.7. The predicted octanol–water partition coefficient (Wildman–Crippen LogP) is 14.3. The van der Waals surface area contributed by atoms with Gasteiger partial charge in [-0.1, -0.05) is 244 Å². The van der Waals surface area contributed by atoms with Crippen molar-refractivity contribution in [2.24, 2.45) is 0 Å². The first-order valence-electron chi connectivity index (χ1n) is 28.3. The van der Waals surface area contributed by atoms with Crippen molar-refractivity contribution in [1.82, 2.24) is 0 Å². The zero-order valence-electron chi connectivity index (χ0n) is 42.8. The van der Waals surface area contributed by atoms with Gasteiger partial charge in [0.05, 0.1) is 19.8 Å². The van der Waals surface area contributed by atoms with Crippen LogP contribution in [-0.4, -0.2) is 89.6 Å². The van der Waals surface area contributed by atoms with Gasteiger partial charge in [-0.05, 0) is 38.5 Å². The fraction of sp³-hybridized carbons (Fsp3) is 0.946. The highest BCUT2D eigenvalue weighted by Crippen LogP contribution is 2.23. The maximum absolute atomic E-state index is 12.9. The van der Waals surface area contributed by atoms with Crippen molar-refractivity contribution >= 4 is 5.97 Å². The first kappa shape index (κ1) is 61.9. The highest BCUT2D eigenvalue weighted by Gasteiger charge is 2.44. The standard InChI is InChI=1S/C56H108O9/c1-3-5-7-9-11-13-15-17-19-21-23-24-25-26-27-29-31-33-35-37-39-41-43-45-52(58)64-50(49-63-56-55(61)54(60)53(59)51(47-57)65-56)48-62-46-44-42-40-38-36-34-32-30-28-22-20-18-16-14-12-10-8-6-4-2/h21,23,50-51,53-57,59-61H,3-20,22,24-49H2,1-2H3/b23-21-. The lowest BCUT2D eigenvalue weighted by Gasteiger charge is -2.39. The van der Waals surface area contributed by atoms with Gasteiger partial charge in [-0.3, -0.25) is 4.79 Å². The average Bonchev–Trinajstić information content (AvgIpc) is 3.31. The molecule has 0 saturated carbocycles. The Kier molecular flexibility index (Phi) is 45.7. The van der Waals surface area contributed by atoms with Crippen molar-refractivity contribution in [3.8, 4) is 0 Å². The second-order valence-corrected chi connectivity index (χ2v) is 19.7. The minimum Gasteiger partial charge on any atom is -0.457 e. The number of aliphatic hydroxyl groups excluding tert-OH is 4. The summed E-state index contributed by atoms with van der Waals surface area (Å²) in [5, 5.41) is 40.3. The lowest BCUT2D eigenvalue weighted by atomic mass is 9.99. The third kappa shape index (κ3) is 38.5. The Balaban J connectivity index is 2.15. The summed E-state index contributed by atoms with van der Waals surface area (Å²) in [6.07, 6.45) is 49.7. The Labute approximate surface area is 401 Å². The molecule has 4 N–H and O–H groups in total. The molecule has 1 rings (SSSR count). The molecule has 1 aliphatic heterocycles. The number of unbranched alkanes of at least 4 members (excludes halogenated alkanes) is 37. The maximum atomic E-state index is 12.9. The Hall–Kier alpha value is -1.07. The molecule has 0 aromatic carbocycles. The first-order valence-corrected chi connectivity index (χ1v) is 28.3. The lowest BCUT2D eigenvalue weighted by Crippen LogP contribution is -2.59. The number of aliphatic hydroxyl groups is 4. The first-order chi connectivity index (χ1) is 31.9. The van der Waals surface area contributed by atoms with Gasteiger partial charge in [0, 0.05) is 13.0 Å². The molecule has 1 heterocycles. The average molecular weight is 925 g/mol. The highest BCUT2D eigenvalue weighted by atomic mass is 16.7. The third-order valence-corrected chi connectivity index (χ3v) is 13.4. The molecule has 9 nitrogen and oxygen atoms in total. The summed E-state index contributed by atoms with van der Waals surface area (Å²) in [4.78, 5) is 12.9. The molecule has 0 spiro atoms. The van der Waals surface area contributed by atoms with Gasteiger partial charge < -0.3 is 39.4 Å². The molecule has 0 amide bonds. The number of rotatable bonds is 50. The zero-order chi connectivity index (χ0) is 47.1. The van der Waals surface area contributed by atoms with E-state index in [0.717, 1.165) is 32.1 Å². The Bertz CT molecular complexity index is 1010. The van der Waals surface area contributed by atoms with Crippen LogP contribution < -0.4 is 0 Å². The second kappa shape index (κ2) is 48.0. The highest BCUT2D eigenvalue weighted by molar-refractivity contribution is 5.69. The van der Waals surface area contributed by atoms with Crippen LogP contribution in [0, 0.1) is 0 Å². The molecular formula is C56H108O9. The van der Waals surface area contributed by atoms with Crippen LogP contribution in [-0.2, 0) is 23.7 Å². The van der Waals surface area contributed by atoms with E-state index in [4.69, 9.17) is 18.9 Å². The fourth-order valence-corrected chi connectivity index (χ4v) is 9.02. The van der Waals surface area contributed by atoms with E-state index in [0.29, 0.717) is 13.0 Å². The topological polar surface area (TPSA) is 135 Å². The molecule has 1 aliphatic rings. The number of hydrogen-bond donors (Lipinski definition) is 4. The number of carbonyl (C=O) groups is 1. The van der Waals surface area contributed by atoms with Crippen LogP contribution in [0.4, 0.5) is 0 Å². The SMILES string of the molecule is CCCCCCCCCC/C=C\CCCCCCCCCCCCCC(=O)OC(COCCCCCCCCCCCCCCCCCCCCC)COC1OC(CO)C(O)C(O)C1O. The summed E-state index contributed by atoms with van der Waals surface area (Å²) in [5.41, 5.74) is 0. The molecular weight excluding hydrogens is 817 g/mol. The normalized spacial score (nSPS) is 19.4. The van der Waals surface area contributed by atoms with E-state index < -0.39 is 43.4 Å². The Morgan fingerprint density at radius 1 is 0.477 bits per heavy atom. The lowest BCUT2D eigenvalue weighted by molar-refractivity contribution is -0.305. The molecule has 0 bridgehead atoms. The van der Waals surface area contributed by atoms with Crippen LogP contribution in [0.1, 0.15) is 277 Å². The van der Waals surface area contributed by atoms with Gasteiger partial charge in [0.2, 0.25) is 0 Å². The molecule has 6 atom stereocenters. The zero-order valence-corrected chi connectivity index (χ0v) is 42.8. The van der Waals surface area contributed by atoms with E-state index in [1.54, 1.807) is 0 Å². The summed E-state index contributed by atoms with van der Waals surface area (Å²) in [5.74, 6) is -0.307. The number of hydrogen-bond acceptors (Lipinski definition) is 9.